The molecule has 0 fully saturated rings. The summed E-state index contributed by atoms with van der Waals surface area (Å²) in [5.41, 5.74) is 7.99. The van der Waals surface area contributed by atoms with E-state index in [-0.39, 0.29) is 0 Å². The molecule has 0 aliphatic heterocycles. The Kier molecular flexibility index (Phi) is 4.99. The zero-order chi connectivity index (χ0) is 13.8. The molecular formula is C15H15BrClNO. The van der Waals surface area contributed by atoms with Gasteiger partial charge in [0.25, 0.3) is 0 Å². The number of benzene rings is 2. The van der Waals surface area contributed by atoms with Crippen molar-refractivity contribution in [2.24, 2.45) is 5.73 Å². The quantitative estimate of drug-likeness (QED) is 0.891. The predicted molar refractivity (Wildman–Crippen MR) is 82.2 cm³/mol. The van der Waals surface area contributed by atoms with Crippen LogP contribution in [-0.2, 0) is 6.42 Å². The molecule has 0 saturated heterocycles. The van der Waals surface area contributed by atoms with E-state index in [1.807, 2.05) is 36.4 Å². The zero-order valence-electron chi connectivity index (χ0n) is 10.3. The number of rotatable bonds is 4. The molecule has 2 nitrogen and oxygen atoms in total. The first-order chi connectivity index (χ1) is 9.08. The Morgan fingerprint density at radius 1 is 1.16 bits per heavy atom. The van der Waals surface area contributed by atoms with Gasteiger partial charge in [0.15, 0.2) is 0 Å². The van der Waals surface area contributed by atoms with Crippen molar-refractivity contribution in [3.05, 3.63) is 69.2 Å². The van der Waals surface area contributed by atoms with E-state index in [9.17, 15) is 5.11 Å². The molecule has 4 heteroatoms. The standard InChI is InChI=1S/C15H15BrClNO/c16-13-7-6-11(17)9-12(13)15(18)14(19)8-10-4-2-1-3-5-10/h1-7,9,14-15,19H,8,18H2/t14-,15+/m1/s1. The van der Waals surface area contributed by atoms with Gasteiger partial charge in [-0.2, -0.15) is 0 Å². The van der Waals surface area contributed by atoms with Gasteiger partial charge in [0.05, 0.1) is 12.1 Å². The second kappa shape index (κ2) is 6.53. The number of hydrogen-bond acceptors (Lipinski definition) is 2. The average molecular weight is 341 g/mol. The van der Waals surface area contributed by atoms with Crippen LogP contribution in [0.1, 0.15) is 17.2 Å². The van der Waals surface area contributed by atoms with Crippen LogP contribution in [0.2, 0.25) is 5.02 Å². The lowest BCUT2D eigenvalue weighted by Crippen LogP contribution is -2.28. The van der Waals surface area contributed by atoms with Crippen LogP contribution < -0.4 is 5.73 Å². The Hall–Kier alpha value is -0.870. The smallest absolute Gasteiger partial charge is 0.0773 e. The summed E-state index contributed by atoms with van der Waals surface area (Å²) in [6, 6.07) is 14.7. The number of aliphatic hydroxyl groups excluding tert-OH is 1. The van der Waals surface area contributed by atoms with Crippen molar-refractivity contribution in [3.63, 3.8) is 0 Å². The molecule has 2 rings (SSSR count). The fourth-order valence-corrected chi connectivity index (χ4v) is 2.65. The van der Waals surface area contributed by atoms with Gasteiger partial charge in [-0.1, -0.05) is 57.9 Å². The first-order valence-electron chi connectivity index (χ1n) is 6.00. The van der Waals surface area contributed by atoms with E-state index in [2.05, 4.69) is 15.9 Å². The van der Waals surface area contributed by atoms with Gasteiger partial charge in [0.2, 0.25) is 0 Å². The van der Waals surface area contributed by atoms with Crippen molar-refractivity contribution in [3.8, 4) is 0 Å². The molecule has 0 heterocycles. The summed E-state index contributed by atoms with van der Waals surface area (Å²) >= 11 is 9.40. The SMILES string of the molecule is N[C@@H](c1cc(Cl)ccc1Br)[C@H](O)Cc1ccccc1. The maximum Gasteiger partial charge on any atom is 0.0773 e. The molecule has 0 spiro atoms. The van der Waals surface area contributed by atoms with Gasteiger partial charge < -0.3 is 10.8 Å². The highest BCUT2D eigenvalue weighted by Gasteiger charge is 2.19. The van der Waals surface area contributed by atoms with Gasteiger partial charge in [0.1, 0.15) is 0 Å². The molecule has 100 valence electrons. The summed E-state index contributed by atoms with van der Waals surface area (Å²) in [5, 5.41) is 10.9. The summed E-state index contributed by atoms with van der Waals surface area (Å²) in [5.74, 6) is 0. The Balaban J connectivity index is 2.14. The first-order valence-corrected chi connectivity index (χ1v) is 7.17. The van der Waals surface area contributed by atoms with Crippen molar-refractivity contribution < 1.29 is 5.11 Å². The highest BCUT2D eigenvalue weighted by Crippen LogP contribution is 2.28. The minimum Gasteiger partial charge on any atom is -0.391 e. The van der Waals surface area contributed by atoms with Gasteiger partial charge in [-0.3, -0.25) is 0 Å². The highest BCUT2D eigenvalue weighted by molar-refractivity contribution is 9.10. The van der Waals surface area contributed by atoms with E-state index in [1.165, 1.54) is 0 Å². The number of halogens is 2. The topological polar surface area (TPSA) is 46.2 Å². The van der Waals surface area contributed by atoms with Crippen molar-refractivity contribution >= 4 is 27.5 Å². The van der Waals surface area contributed by atoms with E-state index in [0.29, 0.717) is 11.4 Å². The highest BCUT2D eigenvalue weighted by atomic mass is 79.9. The number of hydrogen-bond donors (Lipinski definition) is 2. The lowest BCUT2D eigenvalue weighted by atomic mass is 9.97. The van der Waals surface area contributed by atoms with Crippen molar-refractivity contribution in [1.82, 2.24) is 0 Å². The van der Waals surface area contributed by atoms with Crippen LogP contribution in [0.15, 0.2) is 53.0 Å². The maximum absolute atomic E-state index is 10.3. The van der Waals surface area contributed by atoms with Crippen LogP contribution in [0.25, 0.3) is 0 Å². The van der Waals surface area contributed by atoms with Crippen LogP contribution in [0, 0.1) is 0 Å². The third-order valence-electron chi connectivity index (χ3n) is 3.02. The predicted octanol–water partition coefficient (Wildman–Crippen LogP) is 3.71. The van der Waals surface area contributed by atoms with Crippen LogP contribution in [0.4, 0.5) is 0 Å². The van der Waals surface area contributed by atoms with E-state index in [0.717, 1.165) is 15.6 Å². The van der Waals surface area contributed by atoms with Gasteiger partial charge in [0, 0.05) is 15.9 Å². The lowest BCUT2D eigenvalue weighted by molar-refractivity contribution is 0.145. The molecule has 19 heavy (non-hydrogen) atoms. The monoisotopic (exact) mass is 339 g/mol. The molecule has 0 unspecified atom stereocenters. The molecule has 0 bridgehead atoms. The van der Waals surface area contributed by atoms with Crippen molar-refractivity contribution in [2.45, 2.75) is 18.6 Å². The lowest BCUT2D eigenvalue weighted by Gasteiger charge is -2.20. The molecule has 0 aliphatic carbocycles. The molecule has 0 amide bonds. The third-order valence-corrected chi connectivity index (χ3v) is 3.98. The summed E-state index contributed by atoms with van der Waals surface area (Å²) in [4.78, 5) is 0. The van der Waals surface area contributed by atoms with Crippen LogP contribution >= 0.6 is 27.5 Å². The Morgan fingerprint density at radius 2 is 1.84 bits per heavy atom. The molecule has 0 aliphatic rings. The Bertz CT molecular complexity index is 547. The van der Waals surface area contributed by atoms with E-state index < -0.39 is 12.1 Å². The molecule has 0 radical (unpaired) electrons. The third kappa shape index (κ3) is 3.80. The summed E-state index contributed by atoms with van der Waals surface area (Å²) in [6.07, 6.45) is -0.141. The van der Waals surface area contributed by atoms with Gasteiger partial charge in [-0.05, 0) is 29.3 Å². The summed E-state index contributed by atoms with van der Waals surface area (Å²) in [7, 11) is 0. The largest absolute Gasteiger partial charge is 0.391 e. The molecule has 2 aromatic rings. The molecule has 2 atom stereocenters. The first kappa shape index (κ1) is 14.5. The fraction of sp³-hybridized carbons (Fsp3) is 0.200. The van der Waals surface area contributed by atoms with Crippen LogP contribution in [-0.4, -0.2) is 11.2 Å². The molecule has 0 saturated carbocycles. The molecular weight excluding hydrogens is 326 g/mol. The normalized spacial score (nSPS) is 14.1. The van der Waals surface area contributed by atoms with Gasteiger partial charge >= 0.3 is 0 Å². The summed E-state index contributed by atoms with van der Waals surface area (Å²) in [6.45, 7) is 0. The molecule has 2 aromatic carbocycles. The van der Waals surface area contributed by atoms with E-state index >= 15 is 0 Å². The van der Waals surface area contributed by atoms with E-state index in [4.69, 9.17) is 17.3 Å². The second-order valence-electron chi connectivity index (χ2n) is 4.45. The molecule has 0 aromatic heterocycles. The van der Waals surface area contributed by atoms with Crippen LogP contribution in [0.5, 0.6) is 0 Å². The summed E-state index contributed by atoms with van der Waals surface area (Å²) < 4.78 is 0.858. The number of aliphatic hydroxyl groups is 1. The minimum atomic E-state index is -0.655. The fourth-order valence-electron chi connectivity index (χ4n) is 1.96. The maximum atomic E-state index is 10.3. The minimum absolute atomic E-state index is 0.478. The van der Waals surface area contributed by atoms with Crippen molar-refractivity contribution in [1.29, 1.82) is 0 Å². The average Bonchev–Trinajstić information content (AvgIpc) is 2.42. The Morgan fingerprint density at radius 3 is 2.53 bits per heavy atom. The van der Waals surface area contributed by atoms with E-state index in [1.54, 1.807) is 12.1 Å². The zero-order valence-corrected chi connectivity index (χ0v) is 12.6. The van der Waals surface area contributed by atoms with Crippen LogP contribution in [0.3, 0.4) is 0 Å². The molecule has 3 N–H and O–H groups in total. The van der Waals surface area contributed by atoms with Gasteiger partial charge in [-0.25, -0.2) is 0 Å². The second-order valence-corrected chi connectivity index (χ2v) is 5.74. The number of nitrogens with two attached hydrogens (primary N) is 1. The van der Waals surface area contributed by atoms with Gasteiger partial charge in [-0.15, -0.1) is 0 Å². The van der Waals surface area contributed by atoms with Crippen molar-refractivity contribution in [2.75, 3.05) is 0 Å². The Labute approximate surface area is 126 Å².